The Morgan fingerprint density at radius 3 is 1.06 bits per heavy atom. The van der Waals surface area contributed by atoms with Gasteiger partial charge in [-0.2, -0.15) is 0 Å². The molecule has 3 fully saturated rings. The Morgan fingerprint density at radius 2 is 0.676 bits per heavy atom. The van der Waals surface area contributed by atoms with E-state index in [1.807, 2.05) is 6.08 Å². The number of hydrogen-bond donors (Lipinski definition) is 12. The van der Waals surface area contributed by atoms with Crippen LogP contribution in [0.1, 0.15) is 328 Å². The third-order valence-electron chi connectivity index (χ3n) is 20.6. The molecule has 102 heavy (non-hydrogen) atoms. The highest BCUT2D eigenvalue weighted by molar-refractivity contribution is 5.76. The standard InChI is InChI=1S/C83H151NO18/c1-3-5-7-9-11-13-15-17-19-21-23-25-27-29-31-33-35-37-39-41-43-45-47-49-51-53-55-57-59-61-71(89)84-66(67(88)60-58-56-54-52-50-48-46-44-42-40-38-36-34-32-30-28-26-24-22-20-18-16-14-12-10-8-6-4-2)65-97-81-77(95)74(92)79(69(63-86)99-81)102-83-78(96)75(93)80(70(64-87)100-83)101-82-76(94)73(91)72(90)68(62-85)98-82/h5,7,11,13,17,19,23,25,58,60,66-70,72-83,85-88,90-96H,3-4,6,8-10,12,14-16,18,20-22,24,26-57,59,61-65H2,1-2H3,(H,84,89)/b7-5-,13-11-,19-17-,25-23-,60-58+. The average molecular weight is 1450 g/mol. The highest BCUT2D eigenvalue weighted by atomic mass is 16.8. The number of carbonyl (C=O) groups is 1. The predicted octanol–water partition coefficient (Wildman–Crippen LogP) is 14.2. The number of aliphatic hydroxyl groups is 11. The number of unbranched alkanes of at least 4 members (excludes halogenated alkanes) is 42. The Labute approximate surface area is 617 Å². The fourth-order valence-corrected chi connectivity index (χ4v) is 14.0. The topological polar surface area (TPSA) is 307 Å². The van der Waals surface area contributed by atoms with E-state index >= 15 is 0 Å². The first-order valence-electron chi connectivity index (χ1n) is 41.5. The van der Waals surface area contributed by atoms with E-state index in [0.717, 1.165) is 70.6 Å². The summed E-state index contributed by atoms with van der Waals surface area (Å²) in [4.78, 5) is 13.5. The largest absolute Gasteiger partial charge is 0.394 e. The van der Waals surface area contributed by atoms with Crippen LogP contribution in [0.3, 0.4) is 0 Å². The maximum Gasteiger partial charge on any atom is 0.220 e. The maximum absolute atomic E-state index is 13.5. The Morgan fingerprint density at radius 1 is 0.363 bits per heavy atom. The van der Waals surface area contributed by atoms with E-state index in [2.05, 4.69) is 67.8 Å². The zero-order chi connectivity index (χ0) is 73.9. The second-order valence-electron chi connectivity index (χ2n) is 29.6. The summed E-state index contributed by atoms with van der Waals surface area (Å²) in [6.07, 6.45) is 54.9. The molecule has 19 heteroatoms. The molecule has 0 spiro atoms. The molecule has 3 heterocycles. The molecule has 3 saturated heterocycles. The van der Waals surface area contributed by atoms with Gasteiger partial charge in [0.15, 0.2) is 18.9 Å². The molecule has 0 bridgehead atoms. The van der Waals surface area contributed by atoms with Crippen LogP contribution in [-0.2, 0) is 33.2 Å². The fraction of sp³-hybridized carbons (Fsp3) is 0.867. The summed E-state index contributed by atoms with van der Waals surface area (Å²) in [6, 6.07) is -0.976. The predicted molar refractivity (Wildman–Crippen MR) is 406 cm³/mol. The first kappa shape index (κ1) is 93.7. The van der Waals surface area contributed by atoms with Crippen LogP contribution in [0, 0.1) is 0 Å². The summed E-state index contributed by atoms with van der Waals surface area (Å²) in [7, 11) is 0. The molecule has 0 aromatic rings. The van der Waals surface area contributed by atoms with Crippen molar-refractivity contribution in [1.29, 1.82) is 0 Å². The first-order valence-corrected chi connectivity index (χ1v) is 41.5. The van der Waals surface area contributed by atoms with Crippen molar-refractivity contribution >= 4 is 5.91 Å². The van der Waals surface area contributed by atoms with E-state index in [4.69, 9.17) is 28.4 Å². The van der Waals surface area contributed by atoms with E-state index in [1.165, 1.54) is 231 Å². The molecule has 0 aromatic heterocycles. The zero-order valence-electron chi connectivity index (χ0n) is 63.8. The SMILES string of the molecule is CC/C=C\C/C=C\C/C=C\C/C=C\CCCCCCCCCCCCCCCCCCC(=O)NC(COC1OC(CO)C(OC2OC(CO)C(OC3OC(CO)C(O)C(O)C3O)C(O)C2O)C(O)C1O)C(O)/C=C/CCCCCCCCCCCCCCCCCCCCCCCCCCCC. The van der Waals surface area contributed by atoms with Crippen LogP contribution >= 0.6 is 0 Å². The van der Waals surface area contributed by atoms with Gasteiger partial charge < -0.3 is 89.9 Å². The molecule has 0 radical (unpaired) electrons. The molecule has 3 aliphatic heterocycles. The van der Waals surface area contributed by atoms with Crippen LogP contribution in [-0.4, -0.2) is 193 Å². The van der Waals surface area contributed by atoms with Gasteiger partial charge in [-0.1, -0.05) is 325 Å². The molecule has 0 saturated carbocycles. The number of amides is 1. The number of nitrogens with one attached hydrogen (secondary N) is 1. The van der Waals surface area contributed by atoms with Crippen LogP contribution in [0.25, 0.3) is 0 Å². The van der Waals surface area contributed by atoms with Crippen LogP contribution in [0.4, 0.5) is 0 Å². The van der Waals surface area contributed by atoms with Gasteiger partial charge in [0.25, 0.3) is 0 Å². The van der Waals surface area contributed by atoms with Gasteiger partial charge in [0.2, 0.25) is 5.91 Å². The molecular formula is C83H151NO18. The van der Waals surface area contributed by atoms with E-state index in [-0.39, 0.29) is 18.9 Å². The lowest BCUT2D eigenvalue weighted by Crippen LogP contribution is -2.66. The van der Waals surface area contributed by atoms with E-state index in [1.54, 1.807) is 6.08 Å². The van der Waals surface area contributed by atoms with Crippen molar-refractivity contribution in [2.24, 2.45) is 0 Å². The molecular weight excluding hydrogens is 1300 g/mol. The third-order valence-corrected chi connectivity index (χ3v) is 20.6. The normalized spacial score (nSPS) is 26.5. The Bertz CT molecular complexity index is 2080. The van der Waals surface area contributed by atoms with Crippen molar-refractivity contribution in [3.63, 3.8) is 0 Å². The van der Waals surface area contributed by atoms with Gasteiger partial charge in [-0.05, 0) is 57.8 Å². The Hall–Kier alpha value is -2.51. The van der Waals surface area contributed by atoms with Gasteiger partial charge in [-0.3, -0.25) is 4.79 Å². The van der Waals surface area contributed by atoms with Crippen molar-refractivity contribution in [1.82, 2.24) is 5.32 Å². The molecule has 596 valence electrons. The lowest BCUT2D eigenvalue weighted by Gasteiger charge is -2.48. The van der Waals surface area contributed by atoms with Crippen LogP contribution in [0.2, 0.25) is 0 Å². The summed E-state index contributed by atoms with van der Waals surface area (Å²) in [5, 5.41) is 121. The van der Waals surface area contributed by atoms with Crippen LogP contribution < -0.4 is 5.32 Å². The molecule has 17 atom stereocenters. The van der Waals surface area contributed by atoms with E-state index in [0.29, 0.717) is 6.42 Å². The molecule has 3 rings (SSSR count). The fourth-order valence-electron chi connectivity index (χ4n) is 14.0. The summed E-state index contributed by atoms with van der Waals surface area (Å²) in [5.74, 6) is -0.272. The van der Waals surface area contributed by atoms with Gasteiger partial charge in [-0.15, -0.1) is 0 Å². The molecule has 0 aliphatic carbocycles. The van der Waals surface area contributed by atoms with Crippen molar-refractivity contribution in [3.05, 3.63) is 60.8 Å². The molecule has 1 amide bonds. The van der Waals surface area contributed by atoms with Crippen molar-refractivity contribution in [2.45, 2.75) is 433 Å². The molecule has 19 nitrogen and oxygen atoms in total. The van der Waals surface area contributed by atoms with Crippen LogP contribution in [0.15, 0.2) is 60.8 Å². The van der Waals surface area contributed by atoms with Crippen molar-refractivity contribution in [2.75, 3.05) is 26.4 Å². The number of rotatable bonds is 66. The number of hydrogen-bond acceptors (Lipinski definition) is 18. The maximum atomic E-state index is 13.5. The van der Waals surface area contributed by atoms with Gasteiger partial charge in [-0.25, -0.2) is 0 Å². The summed E-state index contributed by atoms with van der Waals surface area (Å²) < 4.78 is 34.5. The minimum atomic E-state index is -1.98. The number of ether oxygens (including phenoxy) is 6. The lowest BCUT2D eigenvalue weighted by atomic mass is 9.96. The molecule has 3 aliphatic rings. The van der Waals surface area contributed by atoms with Gasteiger partial charge in [0.1, 0.15) is 73.2 Å². The second-order valence-corrected chi connectivity index (χ2v) is 29.6. The molecule has 0 aromatic carbocycles. The smallest absolute Gasteiger partial charge is 0.220 e. The van der Waals surface area contributed by atoms with Gasteiger partial charge in [0, 0.05) is 6.42 Å². The van der Waals surface area contributed by atoms with Crippen molar-refractivity contribution in [3.8, 4) is 0 Å². The Kier molecular flexibility index (Phi) is 58.3. The highest BCUT2D eigenvalue weighted by Crippen LogP contribution is 2.33. The Balaban J connectivity index is 1.37. The molecule has 12 N–H and O–H groups in total. The second kappa shape index (κ2) is 63.4. The number of aliphatic hydroxyl groups excluding tert-OH is 11. The highest BCUT2D eigenvalue weighted by Gasteiger charge is 2.54. The zero-order valence-corrected chi connectivity index (χ0v) is 63.8. The summed E-state index contributed by atoms with van der Waals surface area (Å²) >= 11 is 0. The van der Waals surface area contributed by atoms with E-state index < -0.39 is 124 Å². The van der Waals surface area contributed by atoms with Crippen LogP contribution in [0.5, 0.6) is 0 Å². The minimum absolute atomic E-state index is 0.243. The third kappa shape index (κ3) is 42.9. The van der Waals surface area contributed by atoms with Gasteiger partial charge in [0.05, 0.1) is 38.6 Å². The minimum Gasteiger partial charge on any atom is -0.394 e. The van der Waals surface area contributed by atoms with Crippen molar-refractivity contribution < 1.29 is 89.4 Å². The quantitative estimate of drug-likeness (QED) is 0.0199. The monoisotopic (exact) mass is 1450 g/mol. The van der Waals surface area contributed by atoms with E-state index in [9.17, 15) is 61.0 Å². The van der Waals surface area contributed by atoms with Gasteiger partial charge >= 0.3 is 0 Å². The summed E-state index contributed by atoms with van der Waals surface area (Å²) in [5.41, 5.74) is 0. The molecule has 17 unspecified atom stereocenters. The summed E-state index contributed by atoms with van der Waals surface area (Å²) in [6.45, 7) is 1.67. The number of allylic oxidation sites excluding steroid dienone is 9. The number of carbonyl (C=O) groups excluding carboxylic acids is 1. The lowest BCUT2D eigenvalue weighted by molar-refractivity contribution is -0.379. The first-order chi connectivity index (χ1) is 49.8. The average Bonchev–Trinajstić information content (AvgIpc) is 0.766.